The average molecular weight is 436 g/mol. The Balaban J connectivity index is 1.92. The van der Waals surface area contributed by atoms with Crippen LogP contribution in [-0.2, 0) is 16.1 Å². The standard InChI is InChI=1S/C28H37NO3/c1-8-26(30)32-28(6,7)19-27(4,5)31-23-15-14-22-16-24(21-12-10-9-11-13-21)29(18-20(2)3)25(22)17-23/h9-17,20H,8,18-19H2,1-7H3. The van der Waals surface area contributed by atoms with Gasteiger partial charge < -0.3 is 14.0 Å². The first kappa shape index (κ1) is 23.9. The van der Waals surface area contributed by atoms with Gasteiger partial charge in [-0.3, -0.25) is 4.79 Å². The highest BCUT2D eigenvalue weighted by Gasteiger charge is 2.33. The maximum atomic E-state index is 11.8. The fraction of sp³-hybridized carbons (Fsp3) is 0.464. The molecule has 4 heteroatoms. The molecule has 0 aliphatic carbocycles. The van der Waals surface area contributed by atoms with Gasteiger partial charge in [0.2, 0.25) is 0 Å². The third-order valence-electron chi connectivity index (χ3n) is 5.42. The summed E-state index contributed by atoms with van der Waals surface area (Å²) in [5.41, 5.74) is 2.51. The number of aromatic nitrogens is 1. The topological polar surface area (TPSA) is 40.5 Å². The molecule has 0 bridgehead atoms. The van der Waals surface area contributed by atoms with Gasteiger partial charge >= 0.3 is 5.97 Å². The second-order valence-electron chi connectivity index (χ2n) is 10.2. The fourth-order valence-corrected chi connectivity index (χ4v) is 4.50. The van der Waals surface area contributed by atoms with Crippen LogP contribution in [0.25, 0.3) is 22.2 Å². The zero-order chi connectivity index (χ0) is 23.5. The van der Waals surface area contributed by atoms with Gasteiger partial charge in [-0.1, -0.05) is 51.1 Å². The third-order valence-corrected chi connectivity index (χ3v) is 5.42. The highest BCUT2D eigenvalue weighted by molar-refractivity contribution is 5.88. The minimum Gasteiger partial charge on any atom is -0.488 e. The molecule has 0 spiro atoms. The second kappa shape index (κ2) is 9.40. The van der Waals surface area contributed by atoms with Crippen molar-refractivity contribution in [3.63, 3.8) is 0 Å². The predicted molar refractivity (Wildman–Crippen MR) is 132 cm³/mol. The fourth-order valence-electron chi connectivity index (χ4n) is 4.50. The van der Waals surface area contributed by atoms with E-state index in [9.17, 15) is 4.79 Å². The van der Waals surface area contributed by atoms with Gasteiger partial charge in [0.05, 0.1) is 5.52 Å². The lowest BCUT2D eigenvalue weighted by Gasteiger charge is -2.35. The van der Waals surface area contributed by atoms with Crippen LogP contribution in [-0.4, -0.2) is 21.7 Å². The van der Waals surface area contributed by atoms with E-state index < -0.39 is 11.2 Å². The minimum absolute atomic E-state index is 0.188. The Morgan fingerprint density at radius 1 is 0.969 bits per heavy atom. The van der Waals surface area contributed by atoms with Crippen LogP contribution in [0.15, 0.2) is 54.6 Å². The summed E-state index contributed by atoms with van der Waals surface area (Å²) in [6, 6.07) is 19.1. The van der Waals surface area contributed by atoms with Gasteiger partial charge in [-0.15, -0.1) is 0 Å². The smallest absolute Gasteiger partial charge is 0.306 e. The Morgan fingerprint density at radius 2 is 1.66 bits per heavy atom. The average Bonchev–Trinajstić information content (AvgIpc) is 3.04. The van der Waals surface area contributed by atoms with Gasteiger partial charge in [0.15, 0.2) is 0 Å². The SMILES string of the molecule is CCC(=O)OC(C)(C)CC(C)(C)Oc1ccc2cc(-c3ccccc3)n(CC(C)C)c2c1. The zero-order valence-corrected chi connectivity index (χ0v) is 20.6. The van der Waals surface area contributed by atoms with Crippen molar-refractivity contribution >= 4 is 16.9 Å². The van der Waals surface area contributed by atoms with E-state index in [2.05, 4.69) is 60.9 Å². The van der Waals surface area contributed by atoms with E-state index in [-0.39, 0.29) is 5.97 Å². The van der Waals surface area contributed by atoms with E-state index in [1.807, 2.05) is 46.8 Å². The number of rotatable bonds is 9. The lowest BCUT2D eigenvalue weighted by molar-refractivity contribution is -0.159. The van der Waals surface area contributed by atoms with Gasteiger partial charge in [-0.2, -0.15) is 0 Å². The number of carbonyl (C=O) groups is 1. The normalized spacial score (nSPS) is 12.4. The van der Waals surface area contributed by atoms with Crippen LogP contribution >= 0.6 is 0 Å². The monoisotopic (exact) mass is 435 g/mol. The first-order valence-electron chi connectivity index (χ1n) is 11.6. The van der Waals surface area contributed by atoms with E-state index in [1.165, 1.54) is 22.2 Å². The molecule has 2 aromatic carbocycles. The number of fused-ring (bicyclic) bond motifs is 1. The quantitative estimate of drug-likeness (QED) is 0.333. The first-order chi connectivity index (χ1) is 15.0. The van der Waals surface area contributed by atoms with Crippen LogP contribution in [0.4, 0.5) is 0 Å². The number of hydrogen-bond acceptors (Lipinski definition) is 3. The van der Waals surface area contributed by atoms with Crippen molar-refractivity contribution in [3.8, 4) is 17.0 Å². The Morgan fingerprint density at radius 3 is 2.28 bits per heavy atom. The molecule has 32 heavy (non-hydrogen) atoms. The summed E-state index contributed by atoms with van der Waals surface area (Å²) in [5, 5.41) is 1.20. The Hall–Kier alpha value is -2.75. The molecule has 172 valence electrons. The molecule has 3 rings (SSSR count). The van der Waals surface area contributed by atoms with Crippen molar-refractivity contribution in [3.05, 3.63) is 54.6 Å². The lowest BCUT2D eigenvalue weighted by atomic mass is 9.92. The van der Waals surface area contributed by atoms with Crippen molar-refractivity contribution in [1.82, 2.24) is 4.57 Å². The van der Waals surface area contributed by atoms with Crippen molar-refractivity contribution in [2.75, 3.05) is 0 Å². The van der Waals surface area contributed by atoms with Crippen LogP contribution in [0.5, 0.6) is 5.75 Å². The molecule has 0 fully saturated rings. The Labute approximate surface area is 192 Å². The van der Waals surface area contributed by atoms with E-state index in [4.69, 9.17) is 9.47 Å². The van der Waals surface area contributed by atoms with Crippen molar-refractivity contribution in [2.45, 2.75) is 79.1 Å². The number of nitrogens with zero attached hydrogens (tertiary/aromatic N) is 1. The van der Waals surface area contributed by atoms with Crippen molar-refractivity contribution < 1.29 is 14.3 Å². The van der Waals surface area contributed by atoms with Crippen LogP contribution in [0, 0.1) is 5.92 Å². The third kappa shape index (κ3) is 5.93. The molecule has 4 nitrogen and oxygen atoms in total. The van der Waals surface area contributed by atoms with Crippen molar-refractivity contribution in [1.29, 1.82) is 0 Å². The molecule has 0 atom stereocenters. The highest BCUT2D eigenvalue weighted by Crippen LogP contribution is 2.34. The molecule has 0 aliphatic heterocycles. The Kier molecular flexibility index (Phi) is 7.02. The van der Waals surface area contributed by atoms with Crippen molar-refractivity contribution in [2.24, 2.45) is 5.92 Å². The van der Waals surface area contributed by atoms with E-state index in [0.717, 1.165) is 12.3 Å². The molecule has 0 aliphatic rings. The zero-order valence-electron chi connectivity index (χ0n) is 20.6. The summed E-state index contributed by atoms with van der Waals surface area (Å²) in [4.78, 5) is 11.8. The molecule has 1 heterocycles. The van der Waals surface area contributed by atoms with E-state index in [0.29, 0.717) is 18.8 Å². The largest absolute Gasteiger partial charge is 0.488 e. The van der Waals surface area contributed by atoms with Gasteiger partial charge in [0.1, 0.15) is 17.0 Å². The van der Waals surface area contributed by atoms with Crippen LogP contribution < -0.4 is 4.74 Å². The van der Waals surface area contributed by atoms with Gasteiger partial charge in [-0.05, 0) is 57.4 Å². The summed E-state index contributed by atoms with van der Waals surface area (Å²) in [6.07, 6.45) is 0.962. The van der Waals surface area contributed by atoms with Gasteiger partial charge in [-0.25, -0.2) is 0 Å². The number of hydrogen-bond donors (Lipinski definition) is 0. The molecule has 0 saturated heterocycles. The summed E-state index contributed by atoms with van der Waals surface area (Å²) < 4.78 is 14.4. The molecule has 0 N–H and O–H groups in total. The maximum Gasteiger partial charge on any atom is 0.306 e. The first-order valence-corrected chi connectivity index (χ1v) is 11.6. The summed E-state index contributed by atoms with van der Waals surface area (Å²) >= 11 is 0. The molecule has 1 aromatic heterocycles. The lowest BCUT2D eigenvalue weighted by Crippen LogP contribution is -2.40. The summed E-state index contributed by atoms with van der Waals surface area (Å²) in [6.45, 7) is 15.2. The van der Waals surface area contributed by atoms with Crippen LogP contribution in [0.2, 0.25) is 0 Å². The number of esters is 1. The van der Waals surface area contributed by atoms with E-state index in [1.54, 1.807) is 0 Å². The number of carbonyl (C=O) groups excluding carboxylic acids is 1. The van der Waals surface area contributed by atoms with Gasteiger partial charge in [0, 0.05) is 36.5 Å². The number of ether oxygens (including phenoxy) is 2. The Bertz CT molecular complexity index is 1060. The maximum absolute atomic E-state index is 11.8. The highest BCUT2D eigenvalue weighted by atomic mass is 16.6. The molecule has 0 amide bonds. The molecule has 0 radical (unpaired) electrons. The molecule has 0 saturated carbocycles. The predicted octanol–water partition coefficient (Wildman–Crippen LogP) is 7.24. The van der Waals surface area contributed by atoms with Crippen LogP contribution in [0.3, 0.4) is 0 Å². The summed E-state index contributed by atoms with van der Waals surface area (Å²) in [5.74, 6) is 1.15. The second-order valence-corrected chi connectivity index (χ2v) is 10.2. The van der Waals surface area contributed by atoms with Crippen LogP contribution in [0.1, 0.15) is 61.3 Å². The molecular formula is C28H37NO3. The minimum atomic E-state index is -0.598. The van der Waals surface area contributed by atoms with E-state index >= 15 is 0 Å². The summed E-state index contributed by atoms with van der Waals surface area (Å²) in [7, 11) is 0. The molecular weight excluding hydrogens is 398 g/mol. The molecule has 0 unspecified atom stereocenters. The van der Waals surface area contributed by atoms with Gasteiger partial charge in [0.25, 0.3) is 0 Å². The number of benzene rings is 2. The molecule has 3 aromatic rings.